The SMILES string of the molecule is CN1CC(C(=O)N(CCCN2CCC(Cc3ccccc3)CC2)c2ccccc2)CC1=O.Cl. The zero-order chi connectivity index (χ0) is 22.3. The van der Waals surface area contributed by atoms with Crippen LogP contribution in [0.15, 0.2) is 60.7 Å². The van der Waals surface area contributed by atoms with Crippen molar-refractivity contribution in [1.29, 1.82) is 0 Å². The molecule has 5 nitrogen and oxygen atoms in total. The molecule has 2 aliphatic rings. The van der Waals surface area contributed by atoms with Crippen molar-refractivity contribution in [3.05, 3.63) is 66.2 Å². The fraction of sp³-hybridized carbons (Fsp3) is 0.481. The van der Waals surface area contributed by atoms with Gasteiger partial charge in [0.15, 0.2) is 0 Å². The highest BCUT2D eigenvalue weighted by Gasteiger charge is 2.35. The summed E-state index contributed by atoms with van der Waals surface area (Å²) < 4.78 is 0. The Morgan fingerprint density at radius 1 is 1.00 bits per heavy atom. The Kier molecular flexibility index (Phi) is 9.33. The quantitative estimate of drug-likeness (QED) is 0.580. The van der Waals surface area contributed by atoms with Gasteiger partial charge in [-0.15, -0.1) is 12.4 Å². The van der Waals surface area contributed by atoms with E-state index in [1.807, 2.05) is 35.2 Å². The standard InChI is InChI=1S/C27H35N3O2.ClH/c1-28-21-24(20-26(28)31)27(32)30(25-11-6-3-7-12-25)16-8-15-29-17-13-23(14-18-29)19-22-9-4-2-5-10-22;/h2-7,9-12,23-24H,8,13-21H2,1H3;1H. The van der Waals surface area contributed by atoms with E-state index in [0.717, 1.165) is 37.7 Å². The van der Waals surface area contributed by atoms with Crippen LogP contribution in [0.1, 0.15) is 31.2 Å². The molecule has 2 aromatic rings. The molecule has 2 amide bonds. The molecule has 2 saturated heterocycles. The highest BCUT2D eigenvalue weighted by atomic mass is 35.5. The van der Waals surface area contributed by atoms with Gasteiger partial charge in [0.25, 0.3) is 0 Å². The van der Waals surface area contributed by atoms with E-state index in [2.05, 4.69) is 35.2 Å². The molecule has 1 atom stereocenters. The number of carbonyl (C=O) groups excluding carboxylic acids is 2. The van der Waals surface area contributed by atoms with Crippen LogP contribution in [0.3, 0.4) is 0 Å². The van der Waals surface area contributed by atoms with Gasteiger partial charge in [0.05, 0.1) is 5.92 Å². The molecule has 2 fully saturated rings. The first kappa shape index (κ1) is 25.3. The fourth-order valence-corrected chi connectivity index (χ4v) is 5.04. The minimum absolute atomic E-state index is 0. The summed E-state index contributed by atoms with van der Waals surface area (Å²) in [5.41, 5.74) is 2.38. The molecule has 2 heterocycles. The highest BCUT2D eigenvalue weighted by Crippen LogP contribution is 2.24. The monoisotopic (exact) mass is 469 g/mol. The van der Waals surface area contributed by atoms with Crippen molar-refractivity contribution in [2.45, 2.75) is 32.1 Å². The molecule has 0 aromatic heterocycles. The molecule has 6 heteroatoms. The molecule has 2 aliphatic heterocycles. The van der Waals surface area contributed by atoms with Crippen molar-refractivity contribution < 1.29 is 9.59 Å². The topological polar surface area (TPSA) is 43.9 Å². The predicted octanol–water partition coefficient (Wildman–Crippen LogP) is 4.26. The van der Waals surface area contributed by atoms with Gasteiger partial charge in [-0.25, -0.2) is 0 Å². The Morgan fingerprint density at radius 3 is 2.24 bits per heavy atom. The Bertz CT molecular complexity index is 885. The summed E-state index contributed by atoms with van der Waals surface area (Å²) in [5, 5.41) is 0. The minimum atomic E-state index is -0.235. The number of anilines is 1. The van der Waals surface area contributed by atoms with Gasteiger partial charge in [0.2, 0.25) is 11.8 Å². The van der Waals surface area contributed by atoms with E-state index in [-0.39, 0.29) is 30.1 Å². The van der Waals surface area contributed by atoms with Crippen LogP contribution in [-0.4, -0.2) is 61.4 Å². The molecular formula is C27H36ClN3O2. The van der Waals surface area contributed by atoms with Crippen molar-refractivity contribution in [2.75, 3.05) is 44.7 Å². The lowest BCUT2D eigenvalue weighted by Gasteiger charge is -2.33. The summed E-state index contributed by atoms with van der Waals surface area (Å²) in [6.45, 7) is 4.51. The molecule has 178 valence electrons. The third kappa shape index (κ3) is 6.81. The maximum Gasteiger partial charge on any atom is 0.232 e. The number of halogens is 1. The van der Waals surface area contributed by atoms with E-state index >= 15 is 0 Å². The molecule has 0 radical (unpaired) electrons. The van der Waals surface area contributed by atoms with Crippen LogP contribution in [-0.2, 0) is 16.0 Å². The van der Waals surface area contributed by atoms with Gasteiger partial charge in [-0.3, -0.25) is 9.59 Å². The maximum atomic E-state index is 13.3. The van der Waals surface area contributed by atoms with E-state index < -0.39 is 0 Å². The molecule has 2 aromatic carbocycles. The van der Waals surface area contributed by atoms with E-state index in [0.29, 0.717) is 19.5 Å². The highest BCUT2D eigenvalue weighted by molar-refractivity contribution is 5.98. The van der Waals surface area contributed by atoms with Crippen molar-refractivity contribution in [3.63, 3.8) is 0 Å². The van der Waals surface area contributed by atoms with Crippen LogP contribution in [0.2, 0.25) is 0 Å². The predicted molar refractivity (Wildman–Crippen MR) is 136 cm³/mol. The Morgan fingerprint density at radius 2 is 1.64 bits per heavy atom. The van der Waals surface area contributed by atoms with Crippen LogP contribution in [0, 0.1) is 11.8 Å². The fourth-order valence-electron chi connectivity index (χ4n) is 5.04. The lowest BCUT2D eigenvalue weighted by atomic mass is 9.90. The van der Waals surface area contributed by atoms with E-state index in [1.165, 1.54) is 24.8 Å². The second kappa shape index (κ2) is 12.2. The van der Waals surface area contributed by atoms with Crippen molar-refractivity contribution in [3.8, 4) is 0 Å². The van der Waals surface area contributed by atoms with Crippen molar-refractivity contribution >= 4 is 29.9 Å². The van der Waals surface area contributed by atoms with Crippen molar-refractivity contribution in [2.24, 2.45) is 11.8 Å². The van der Waals surface area contributed by atoms with Gasteiger partial charge in [-0.05, 0) is 68.9 Å². The van der Waals surface area contributed by atoms with Gasteiger partial charge in [-0.2, -0.15) is 0 Å². The van der Waals surface area contributed by atoms with Crippen molar-refractivity contribution in [1.82, 2.24) is 9.80 Å². The summed E-state index contributed by atoms with van der Waals surface area (Å²) in [5.74, 6) is 0.680. The normalized spacial score (nSPS) is 19.4. The lowest BCUT2D eigenvalue weighted by Crippen LogP contribution is -2.40. The minimum Gasteiger partial charge on any atom is -0.345 e. The number of amides is 2. The van der Waals surface area contributed by atoms with E-state index in [4.69, 9.17) is 0 Å². The van der Waals surface area contributed by atoms with Gasteiger partial charge < -0.3 is 14.7 Å². The summed E-state index contributed by atoms with van der Waals surface area (Å²) in [6.07, 6.45) is 4.94. The molecule has 0 aliphatic carbocycles. The first-order chi connectivity index (χ1) is 15.6. The number of nitrogens with zero attached hydrogens (tertiary/aromatic N) is 3. The number of piperidine rings is 1. The largest absolute Gasteiger partial charge is 0.345 e. The smallest absolute Gasteiger partial charge is 0.232 e. The van der Waals surface area contributed by atoms with E-state index in [9.17, 15) is 9.59 Å². The third-order valence-corrected chi connectivity index (χ3v) is 6.95. The molecule has 33 heavy (non-hydrogen) atoms. The molecule has 0 spiro atoms. The Hall–Kier alpha value is -2.37. The first-order valence-electron chi connectivity index (χ1n) is 12.0. The zero-order valence-electron chi connectivity index (χ0n) is 19.6. The Labute approximate surface area is 204 Å². The molecule has 0 bridgehead atoms. The van der Waals surface area contributed by atoms with Crippen LogP contribution in [0.5, 0.6) is 0 Å². The molecule has 4 rings (SSSR count). The number of hydrogen-bond acceptors (Lipinski definition) is 3. The van der Waals surface area contributed by atoms with Crippen LogP contribution in [0.25, 0.3) is 0 Å². The van der Waals surface area contributed by atoms with Gasteiger partial charge >= 0.3 is 0 Å². The van der Waals surface area contributed by atoms with Gasteiger partial charge in [-0.1, -0.05) is 48.5 Å². The number of rotatable bonds is 8. The summed E-state index contributed by atoms with van der Waals surface area (Å²) in [4.78, 5) is 31.3. The molecule has 0 saturated carbocycles. The molecule has 0 N–H and O–H groups in total. The number of hydrogen-bond donors (Lipinski definition) is 0. The maximum absolute atomic E-state index is 13.3. The number of likely N-dealkylation sites (tertiary alicyclic amines) is 2. The Balaban J connectivity index is 0.00000306. The summed E-state index contributed by atoms with van der Waals surface area (Å²) in [7, 11) is 1.78. The zero-order valence-corrected chi connectivity index (χ0v) is 20.4. The number of benzene rings is 2. The number of para-hydroxylation sites is 1. The first-order valence-corrected chi connectivity index (χ1v) is 12.0. The third-order valence-electron chi connectivity index (χ3n) is 6.95. The average Bonchev–Trinajstić information content (AvgIpc) is 3.17. The summed E-state index contributed by atoms with van der Waals surface area (Å²) >= 11 is 0. The van der Waals surface area contributed by atoms with Crippen LogP contribution in [0.4, 0.5) is 5.69 Å². The van der Waals surface area contributed by atoms with Gasteiger partial charge in [0.1, 0.15) is 0 Å². The summed E-state index contributed by atoms with van der Waals surface area (Å²) in [6, 6.07) is 20.7. The van der Waals surface area contributed by atoms with E-state index in [1.54, 1.807) is 11.9 Å². The lowest BCUT2D eigenvalue weighted by molar-refractivity contribution is -0.127. The second-order valence-corrected chi connectivity index (χ2v) is 9.33. The van der Waals surface area contributed by atoms with Crippen LogP contribution >= 0.6 is 12.4 Å². The van der Waals surface area contributed by atoms with Gasteiger partial charge in [0, 0.05) is 32.2 Å². The molecular weight excluding hydrogens is 434 g/mol. The van der Waals surface area contributed by atoms with Crippen LogP contribution < -0.4 is 4.90 Å². The average molecular weight is 470 g/mol. The number of carbonyl (C=O) groups is 2. The second-order valence-electron chi connectivity index (χ2n) is 9.33. The molecule has 1 unspecified atom stereocenters.